The van der Waals surface area contributed by atoms with Crippen LogP contribution in [0.15, 0.2) is 18.3 Å². The predicted octanol–water partition coefficient (Wildman–Crippen LogP) is 1.82. The summed E-state index contributed by atoms with van der Waals surface area (Å²) in [6.45, 7) is 0. The van der Waals surface area contributed by atoms with Gasteiger partial charge in [0.2, 0.25) is 0 Å². The van der Waals surface area contributed by atoms with Gasteiger partial charge in [0, 0.05) is 17.3 Å². The summed E-state index contributed by atoms with van der Waals surface area (Å²) in [5.74, 6) is 0. The Balaban J connectivity index is 2.26. The van der Waals surface area contributed by atoms with E-state index in [2.05, 4.69) is 4.98 Å². The van der Waals surface area contributed by atoms with Crippen LogP contribution >= 0.6 is 11.6 Å². The number of nitrogens with zero attached hydrogens (tertiary/aromatic N) is 1. The summed E-state index contributed by atoms with van der Waals surface area (Å²) in [5, 5.41) is 9.94. The molecule has 15 heavy (non-hydrogen) atoms. The second-order valence-corrected chi connectivity index (χ2v) is 4.59. The van der Waals surface area contributed by atoms with Crippen LogP contribution in [0.5, 0.6) is 0 Å². The van der Waals surface area contributed by atoms with Crippen molar-refractivity contribution >= 4 is 11.6 Å². The Hall–Kier alpha value is -0.640. The van der Waals surface area contributed by atoms with E-state index < -0.39 is 5.54 Å². The van der Waals surface area contributed by atoms with E-state index in [1.54, 1.807) is 6.20 Å². The molecule has 0 aromatic carbocycles. The largest absolute Gasteiger partial charge is 0.393 e. The van der Waals surface area contributed by atoms with Crippen LogP contribution < -0.4 is 5.73 Å². The van der Waals surface area contributed by atoms with Crippen LogP contribution in [0.2, 0.25) is 5.15 Å². The van der Waals surface area contributed by atoms with Crippen LogP contribution in [0.1, 0.15) is 31.2 Å². The second kappa shape index (κ2) is 4.08. The van der Waals surface area contributed by atoms with E-state index in [4.69, 9.17) is 17.3 Å². The Morgan fingerprint density at radius 2 is 2.13 bits per heavy atom. The maximum atomic E-state index is 9.45. The van der Waals surface area contributed by atoms with Gasteiger partial charge >= 0.3 is 0 Å². The number of hydrogen-bond acceptors (Lipinski definition) is 3. The molecule has 2 rings (SSSR count). The van der Waals surface area contributed by atoms with Gasteiger partial charge in [-0.25, -0.2) is 4.98 Å². The first kappa shape index (κ1) is 10.9. The highest BCUT2D eigenvalue weighted by Crippen LogP contribution is 2.37. The molecule has 3 N–H and O–H groups in total. The third-order valence-corrected chi connectivity index (χ3v) is 3.44. The summed E-state index contributed by atoms with van der Waals surface area (Å²) in [5.41, 5.74) is 6.80. The van der Waals surface area contributed by atoms with Crippen LogP contribution in [-0.4, -0.2) is 16.2 Å². The molecule has 0 atom stereocenters. The first-order valence-corrected chi connectivity index (χ1v) is 5.57. The third kappa shape index (κ3) is 2.14. The van der Waals surface area contributed by atoms with E-state index in [-0.39, 0.29) is 6.10 Å². The van der Waals surface area contributed by atoms with E-state index in [1.165, 1.54) is 0 Å². The molecule has 0 spiro atoms. The van der Waals surface area contributed by atoms with Crippen molar-refractivity contribution in [2.24, 2.45) is 5.73 Å². The zero-order chi connectivity index (χ0) is 10.9. The molecule has 0 radical (unpaired) electrons. The molecule has 0 aliphatic heterocycles. The van der Waals surface area contributed by atoms with Crippen LogP contribution in [0.3, 0.4) is 0 Å². The lowest BCUT2D eigenvalue weighted by Crippen LogP contribution is -2.41. The highest BCUT2D eigenvalue weighted by Gasteiger charge is 2.34. The average Bonchev–Trinajstić information content (AvgIpc) is 2.23. The first-order chi connectivity index (χ1) is 7.12. The molecule has 1 aromatic rings. The number of hydrogen-bond donors (Lipinski definition) is 2. The van der Waals surface area contributed by atoms with Crippen molar-refractivity contribution < 1.29 is 5.11 Å². The van der Waals surface area contributed by atoms with Crippen LogP contribution in [0.4, 0.5) is 0 Å². The molecule has 1 aliphatic rings. The standard InChI is InChI=1S/C11H15ClN2O/c12-10-9(2-1-7-14-10)11(13)5-3-8(15)4-6-11/h1-2,7-8,15H,3-6,13H2. The molecular weight excluding hydrogens is 212 g/mol. The van der Waals surface area contributed by atoms with Gasteiger partial charge in [-0.05, 0) is 31.7 Å². The maximum absolute atomic E-state index is 9.45. The minimum Gasteiger partial charge on any atom is -0.393 e. The van der Waals surface area contributed by atoms with Gasteiger partial charge in [-0.15, -0.1) is 0 Å². The number of halogens is 1. The molecule has 1 saturated carbocycles. The number of nitrogens with two attached hydrogens (primary N) is 1. The number of aliphatic hydroxyl groups excluding tert-OH is 1. The first-order valence-electron chi connectivity index (χ1n) is 5.20. The second-order valence-electron chi connectivity index (χ2n) is 4.23. The van der Waals surface area contributed by atoms with Crippen molar-refractivity contribution in [1.82, 2.24) is 4.98 Å². The summed E-state index contributed by atoms with van der Waals surface area (Å²) in [7, 11) is 0. The molecule has 1 aromatic heterocycles. The van der Waals surface area contributed by atoms with Crippen molar-refractivity contribution in [3.05, 3.63) is 29.0 Å². The fraction of sp³-hybridized carbons (Fsp3) is 0.545. The lowest BCUT2D eigenvalue weighted by Gasteiger charge is -2.36. The van der Waals surface area contributed by atoms with E-state index in [9.17, 15) is 5.11 Å². The van der Waals surface area contributed by atoms with Gasteiger partial charge in [-0.2, -0.15) is 0 Å². The molecule has 0 bridgehead atoms. The topological polar surface area (TPSA) is 59.1 Å². The van der Waals surface area contributed by atoms with Crippen molar-refractivity contribution in [2.45, 2.75) is 37.3 Å². The van der Waals surface area contributed by atoms with Crippen molar-refractivity contribution in [3.8, 4) is 0 Å². The minimum absolute atomic E-state index is 0.211. The fourth-order valence-electron chi connectivity index (χ4n) is 2.14. The molecule has 1 aliphatic carbocycles. The Morgan fingerprint density at radius 1 is 1.47 bits per heavy atom. The van der Waals surface area contributed by atoms with Gasteiger partial charge in [-0.1, -0.05) is 17.7 Å². The Kier molecular flexibility index (Phi) is 2.96. The molecule has 0 unspecified atom stereocenters. The zero-order valence-corrected chi connectivity index (χ0v) is 9.24. The molecule has 82 valence electrons. The van der Waals surface area contributed by atoms with E-state index in [0.29, 0.717) is 5.15 Å². The van der Waals surface area contributed by atoms with Gasteiger partial charge in [0.25, 0.3) is 0 Å². The van der Waals surface area contributed by atoms with Crippen LogP contribution in [0, 0.1) is 0 Å². The predicted molar refractivity (Wildman–Crippen MR) is 59.6 cm³/mol. The number of aromatic nitrogens is 1. The molecule has 1 fully saturated rings. The third-order valence-electron chi connectivity index (χ3n) is 3.14. The molecule has 4 heteroatoms. The van der Waals surface area contributed by atoms with E-state index >= 15 is 0 Å². The van der Waals surface area contributed by atoms with Crippen molar-refractivity contribution in [3.63, 3.8) is 0 Å². The number of rotatable bonds is 1. The van der Waals surface area contributed by atoms with Gasteiger partial charge in [0.15, 0.2) is 0 Å². The minimum atomic E-state index is -0.412. The maximum Gasteiger partial charge on any atom is 0.134 e. The van der Waals surface area contributed by atoms with E-state index in [0.717, 1.165) is 31.2 Å². The molecule has 0 saturated heterocycles. The number of aliphatic hydroxyl groups is 1. The van der Waals surface area contributed by atoms with Gasteiger partial charge in [0.05, 0.1) is 6.10 Å². The molecular formula is C11H15ClN2O. The number of pyridine rings is 1. The highest BCUT2D eigenvalue weighted by molar-refractivity contribution is 6.30. The SMILES string of the molecule is NC1(c2cccnc2Cl)CCC(O)CC1. The summed E-state index contributed by atoms with van der Waals surface area (Å²) >= 11 is 6.03. The smallest absolute Gasteiger partial charge is 0.134 e. The zero-order valence-electron chi connectivity index (χ0n) is 8.49. The quantitative estimate of drug-likeness (QED) is 0.719. The molecule has 0 amide bonds. The van der Waals surface area contributed by atoms with E-state index in [1.807, 2.05) is 12.1 Å². The summed E-state index contributed by atoms with van der Waals surface area (Å²) < 4.78 is 0. The highest BCUT2D eigenvalue weighted by atomic mass is 35.5. The van der Waals surface area contributed by atoms with Crippen LogP contribution in [0.25, 0.3) is 0 Å². The van der Waals surface area contributed by atoms with Gasteiger partial charge in [-0.3, -0.25) is 0 Å². The summed E-state index contributed by atoms with van der Waals surface area (Å²) in [6.07, 6.45) is 4.45. The van der Waals surface area contributed by atoms with Gasteiger partial charge in [0.1, 0.15) is 5.15 Å². The molecule has 1 heterocycles. The molecule has 3 nitrogen and oxygen atoms in total. The van der Waals surface area contributed by atoms with Crippen LogP contribution in [-0.2, 0) is 5.54 Å². The average molecular weight is 227 g/mol. The van der Waals surface area contributed by atoms with Crippen molar-refractivity contribution in [2.75, 3.05) is 0 Å². The summed E-state index contributed by atoms with van der Waals surface area (Å²) in [6, 6.07) is 3.77. The van der Waals surface area contributed by atoms with Crippen molar-refractivity contribution in [1.29, 1.82) is 0 Å². The monoisotopic (exact) mass is 226 g/mol. The normalized spacial score (nSPS) is 31.5. The Bertz CT molecular complexity index is 348. The fourth-order valence-corrected chi connectivity index (χ4v) is 2.45. The lowest BCUT2D eigenvalue weighted by molar-refractivity contribution is 0.0968. The van der Waals surface area contributed by atoms with Gasteiger partial charge < -0.3 is 10.8 Å². The lowest BCUT2D eigenvalue weighted by atomic mass is 9.77. The Morgan fingerprint density at radius 3 is 2.73 bits per heavy atom. The summed E-state index contributed by atoms with van der Waals surface area (Å²) in [4.78, 5) is 4.04. The Labute approximate surface area is 94.3 Å².